The molecule has 23 heavy (non-hydrogen) atoms. The molecule has 0 atom stereocenters. The van der Waals surface area contributed by atoms with E-state index in [1.807, 2.05) is 30.5 Å². The molecule has 2 aliphatic rings. The first kappa shape index (κ1) is 16.6. The Balaban J connectivity index is 1.70. The number of thioether (sulfide) groups is 2. The SMILES string of the molecule is CSc1ccc(C=C2SC(=O)N(CN3CCOCC3)C2=O)cc1. The fourth-order valence-corrected chi connectivity index (χ4v) is 3.66. The quantitative estimate of drug-likeness (QED) is 0.615. The van der Waals surface area contributed by atoms with Crippen LogP contribution in [0.5, 0.6) is 0 Å². The molecule has 2 amide bonds. The minimum atomic E-state index is -0.208. The van der Waals surface area contributed by atoms with Crippen molar-refractivity contribution in [3.8, 4) is 0 Å². The van der Waals surface area contributed by atoms with Gasteiger partial charge in [0.2, 0.25) is 0 Å². The lowest BCUT2D eigenvalue weighted by Gasteiger charge is -2.29. The van der Waals surface area contributed by atoms with Crippen molar-refractivity contribution >= 4 is 40.7 Å². The molecule has 1 aromatic rings. The highest BCUT2D eigenvalue weighted by Crippen LogP contribution is 2.32. The Hall–Kier alpha value is -1.28. The fourth-order valence-electron chi connectivity index (χ4n) is 2.42. The second kappa shape index (κ2) is 7.53. The molecule has 0 unspecified atom stereocenters. The van der Waals surface area contributed by atoms with Gasteiger partial charge in [0, 0.05) is 18.0 Å². The number of carbonyl (C=O) groups is 2. The molecule has 2 heterocycles. The lowest BCUT2D eigenvalue weighted by Crippen LogP contribution is -2.45. The van der Waals surface area contributed by atoms with Gasteiger partial charge in [0.25, 0.3) is 11.1 Å². The van der Waals surface area contributed by atoms with E-state index in [2.05, 4.69) is 4.90 Å². The summed E-state index contributed by atoms with van der Waals surface area (Å²) in [4.78, 5) is 29.6. The van der Waals surface area contributed by atoms with Crippen molar-refractivity contribution in [1.29, 1.82) is 0 Å². The number of amides is 2. The smallest absolute Gasteiger partial charge is 0.294 e. The predicted molar refractivity (Wildman–Crippen MR) is 93.3 cm³/mol. The van der Waals surface area contributed by atoms with Gasteiger partial charge in [0.15, 0.2) is 0 Å². The molecule has 2 saturated heterocycles. The first-order chi connectivity index (χ1) is 11.2. The molecule has 0 aromatic heterocycles. The van der Waals surface area contributed by atoms with E-state index in [4.69, 9.17) is 4.74 Å². The molecule has 122 valence electrons. The van der Waals surface area contributed by atoms with E-state index in [1.54, 1.807) is 17.8 Å². The summed E-state index contributed by atoms with van der Waals surface area (Å²) < 4.78 is 5.29. The Morgan fingerprint density at radius 2 is 1.91 bits per heavy atom. The number of ether oxygens (including phenoxy) is 1. The zero-order valence-corrected chi connectivity index (χ0v) is 14.5. The fraction of sp³-hybridized carbons (Fsp3) is 0.375. The molecule has 1 aromatic carbocycles. The number of nitrogens with zero attached hydrogens (tertiary/aromatic N) is 2. The highest BCUT2D eigenvalue weighted by atomic mass is 32.2. The van der Waals surface area contributed by atoms with Crippen LogP contribution in [0.1, 0.15) is 5.56 Å². The largest absolute Gasteiger partial charge is 0.379 e. The van der Waals surface area contributed by atoms with Crippen LogP contribution >= 0.6 is 23.5 Å². The van der Waals surface area contributed by atoms with Gasteiger partial charge in [-0.15, -0.1) is 11.8 Å². The zero-order chi connectivity index (χ0) is 16.2. The van der Waals surface area contributed by atoms with E-state index in [1.165, 1.54) is 9.80 Å². The molecule has 0 radical (unpaired) electrons. The van der Waals surface area contributed by atoms with Crippen molar-refractivity contribution in [1.82, 2.24) is 9.80 Å². The van der Waals surface area contributed by atoms with E-state index >= 15 is 0 Å². The average molecular weight is 350 g/mol. The maximum Gasteiger partial charge on any atom is 0.294 e. The van der Waals surface area contributed by atoms with Gasteiger partial charge in [-0.2, -0.15) is 0 Å². The number of benzene rings is 1. The lowest BCUT2D eigenvalue weighted by atomic mass is 10.2. The van der Waals surface area contributed by atoms with Gasteiger partial charge >= 0.3 is 0 Å². The first-order valence-corrected chi connectivity index (χ1v) is 9.41. The van der Waals surface area contributed by atoms with Crippen LogP contribution in [-0.4, -0.2) is 60.2 Å². The molecule has 2 fully saturated rings. The highest BCUT2D eigenvalue weighted by Gasteiger charge is 2.36. The molecule has 0 aliphatic carbocycles. The van der Waals surface area contributed by atoms with E-state index in [0.29, 0.717) is 24.8 Å². The number of hydrogen-bond acceptors (Lipinski definition) is 6. The van der Waals surface area contributed by atoms with Crippen LogP contribution in [0.25, 0.3) is 6.08 Å². The molecule has 0 bridgehead atoms. The minimum Gasteiger partial charge on any atom is -0.379 e. The van der Waals surface area contributed by atoms with Gasteiger partial charge in [0.05, 0.1) is 24.8 Å². The molecular weight excluding hydrogens is 332 g/mol. The Morgan fingerprint density at radius 3 is 2.57 bits per heavy atom. The van der Waals surface area contributed by atoms with Crippen molar-refractivity contribution in [2.75, 3.05) is 39.2 Å². The second-order valence-corrected chi connectivity index (χ2v) is 7.13. The summed E-state index contributed by atoms with van der Waals surface area (Å²) in [5.74, 6) is -0.208. The van der Waals surface area contributed by atoms with E-state index < -0.39 is 0 Å². The van der Waals surface area contributed by atoms with E-state index in [9.17, 15) is 9.59 Å². The lowest BCUT2D eigenvalue weighted by molar-refractivity contribution is -0.125. The molecule has 0 N–H and O–H groups in total. The van der Waals surface area contributed by atoms with Gasteiger partial charge in [-0.1, -0.05) is 12.1 Å². The summed E-state index contributed by atoms with van der Waals surface area (Å²) in [6.07, 6.45) is 3.81. The molecule has 3 rings (SSSR count). The van der Waals surface area contributed by atoms with Crippen LogP contribution in [0, 0.1) is 0 Å². The van der Waals surface area contributed by atoms with Crippen LogP contribution in [0.15, 0.2) is 34.1 Å². The van der Waals surface area contributed by atoms with Crippen molar-refractivity contribution < 1.29 is 14.3 Å². The molecular formula is C16H18N2O3S2. The normalized spacial score (nSPS) is 21.4. The van der Waals surface area contributed by atoms with Gasteiger partial charge < -0.3 is 4.74 Å². The van der Waals surface area contributed by atoms with Crippen molar-refractivity contribution in [3.63, 3.8) is 0 Å². The molecule has 0 saturated carbocycles. The average Bonchev–Trinajstić information content (AvgIpc) is 2.84. The number of hydrogen-bond donors (Lipinski definition) is 0. The minimum absolute atomic E-state index is 0.200. The number of morpholine rings is 1. The van der Waals surface area contributed by atoms with Gasteiger partial charge in [-0.25, -0.2) is 0 Å². The molecule has 5 nitrogen and oxygen atoms in total. The third-order valence-corrected chi connectivity index (χ3v) is 5.38. The maximum absolute atomic E-state index is 12.5. The number of imide groups is 1. The van der Waals surface area contributed by atoms with E-state index in [0.717, 1.165) is 30.4 Å². The predicted octanol–water partition coefficient (Wildman–Crippen LogP) is 2.73. The van der Waals surface area contributed by atoms with Crippen LogP contribution in [0.3, 0.4) is 0 Å². The van der Waals surface area contributed by atoms with E-state index in [-0.39, 0.29) is 11.1 Å². The topological polar surface area (TPSA) is 49.9 Å². The maximum atomic E-state index is 12.5. The number of rotatable bonds is 4. The van der Waals surface area contributed by atoms with Crippen LogP contribution < -0.4 is 0 Å². The third-order valence-electron chi connectivity index (χ3n) is 3.73. The van der Waals surface area contributed by atoms with Crippen LogP contribution in [0.2, 0.25) is 0 Å². The Labute approximate surface area is 144 Å². The van der Waals surface area contributed by atoms with Gasteiger partial charge in [-0.3, -0.25) is 19.4 Å². The van der Waals surface area contributed by atoms with Crippen molar-refractivity contribution in [2.45, 2.75) is 4.90 Å². The molecule has 7 heteroatoms. The van der Waals surface area contributed by atoms with Crippen LogP contribution in [-0.2, 0) is 9.53 Å². The summed E-state index contributed by atoms with van der Waals surface area (Å²) in [6.45, 7) is 3.13. The monoisotopic (exact) mass is 350 g/mol. The van der Waals surface area contributed by atoms with Crippen LogP contribution in [0.4, 0.5) is 4.79 Å². The van der Waals surface area contributed by atoms with Crippen molar-refractivity contribution in [3.05, 3.63) is 34.7 Å². The highest BCUT2D eigenvalue weighted by molar-refractivity contribution is 8.18. The van der Waals surface area contributed by atoms with Crippen molar-refractivity contribution in [2.24, 2.45) is 0 Å². The standard InChI is InChI=1S/C16H18N2O3S2/c1-22-13-4-2-12(3-5-13)10-14-15(19)18(16(20)23-14)11-17-6-8-21-9-7-17/h2-5,10H,6-9,11H2,1H3. The third kappa shape index (κ3) is 3.98. The van der Waals surface area contributed by atoms with Gasteiger partial charge in [0.1, 0.15) is 0 Å². The Morgan fingerprint density at radius 1 is 1.22 bits per heavy atom. The summed E-state index contributed by atoms with van der Waals surface area (Å²) in [7, 11) is 0. The molecule has 2 aliphatic heterocycles. The Kier molecular flexibility index (Phi) is 5.42. The molecule has 0 spiro atoms. The van der Waals surface area contributed by atoms with Gasteiger partial charge in [-0.05, 0) is 41.8 Å². The second-order valence-electron chi connectivity index (χ2n) is 5.25. The Bertz CT molecular complexity index is 625. The summed E-state index contributed by atoms with van der Waals surface area (Å²) in [6, 6.07) is 7.94. The summed E-state index contributed by atoms with van der Waals surface area (Å²) >= 11 is 2.68. The summed E-state index contributed by atoms with van der Waals surface area (Å²) in [5.41, 5.74) is 0.930. The number of carbonyl (C=O) groups excluding carboxylic acids is 2. The zero-order valence-electron chi connectivity index (χ0n) is 12.9. The first-order valence-electron chi connectivity index (χ1n) is 7.37. The summed E-state index contributed by atoms with van der Waals surface area (Å²) in [5, 5.41) is -0.200.